The fourth-order valence-electron chi connectivity index (χ4n) is 3.32. The Morgan fingerprint density at radius 1 is 0.900 bits per heavy atom. The van der Waals surface area contributed by atoms with Crippen molar-refractivity contribution in [3.63, 3.8) is 0 Å². The van der Waals surface area contributed by atoms with Gasteiger partial charge < -0.3 is 10.1 Å². The second-order valence-corrected chi connectivity index (χ2v) is 7.61. The van der Waals surface area contributed by atoms with E-state index in [1.807, 2.05) is 19.9 Å². The minimum atomic E-state index is -1.11. The third-order valence-electron chi connectivity index (χ3n) is 4.81. The summed E-state index contributed by atoms with van der Waals surface area (Å²) in [6, 6.07) is 14.1. The summed E-state index contributed by atoms with van der Waals surface area (Å²) in [6.45, 7) is 5.21. The van der Waals surface area contributed by atoms with E-state index in [0.717, 1.165) is 4.90 Å². The Balaban J connectivity index is 1.76. The van der Waals surface area contributed by atoms with Crippen molar-refractivity contribution >= 4 is 29.4 Å². The van der Waals surface area contributed by atoms with Gasteiger partial charge in [0, 0.05) is 5.69 Å². The molecule has 1 aliphatic rings. The average Bonchev–Trinajstić information content (AvgIpc) is 2.97. The average molecular weight is 408 g/mol. The Labute approximate surface area is 175 Å². The summed E-state index contributed by atoms with van der Waals surface area (Å²) >= 11 is 0. The summed E-state index contributed by atoms with van der Waals surface area (Å²) < 4.78 is 5.36. The van der Waals surface area contributed by atoms with E-state index in [0.29, 0.717) is 5.69 Å². The zero-order chi connectivity index (χ0) is 21.8. The van der Waals surface area contributed by atoms with Crippen molar-refractivity contribution in [2.45, 2.75) is 39.3 Å². The lowest BCUT2D eigenvalue weighted by Crippen LogP contribution is -2.48. The van der Waals surface area contributed by atoms with Gasteiger partial charge in [-0.15, -0.1) is 0 Å². The first-order valence-corrected chi connectivity index (χ1v) is 9.83. The van der Waals surface area contributed by atoms with E-state index < -0.39 is 35.8 Å². The first-order chi connectivity index (χ1) is 14.3. The molecule has 2 aromatic rings. The molecule has 7 heteroatoms. The molecule has 1 aliphatic heterocycles. The Bertz CT molecular complexity index is 936. The highest BCUT2D eigenvalue weighted by atomic mass is 16.5. The molecule has 156 valence electrons. The van der Waals surface area contributed by atoms with Gasteiger partial charge in [0.25, 0.3) is 17.7 Å². The summed E-state index contributed by atoms with van der Waals surface area (Å²) in [6.07, 6.45) is -0.861. The second kappa shape index (κ2) is 8.90. The Kier molecular flexibility index (Phi) is 6.30. The minimum Gasteiger partial charge on any atom is -0.451 e. The van der Waals surface area contributed by atoms with Gasteiger partial charge in [0.05, 0.1) is 11.1 Å². The zero-order valence-corrected chi connectivity index (χ0v) is 17.1. The van der Waals surface area contributed by atoms with Crippen molar-refractivity contribution in [2.75, 3.05) is 5.32 Å². The lowest BCUT2D eigenvalue weighted by Gasteiger charge is -2.27. The summed E-state index contributed by atoms with van der Waals surface area (Å²) in [5, 5.41) is 2.66. The van der Waals surface area contributed by atoms with Crippen molar-refractivity contribution in [3.8, 4) is 0 Å². The predicted octanol–water partition coefficient (Wildman–Crippen LogP) is 3.27. The third-order valence-corrected chi connectivity index (χ3v) is 4.81. The number of hydrogen-bond acceptors (Lipinski definition) is 5. The summed E-state index contributed by atoms with van der Waals surface area (Å²) in [4.78, 5) is 51.9. The molecule has 0 bridgehead atoms. The number of esters is 1. The van der Waals surface area contributed by atoms with Crippen LogP contribution < -0.4 is 5.32 Å². The monoisotopic (exact) mass is 408 g/mol. The molecule has 1 heterocycles. The molecule has 0 fully saturated rings. The van der Waals surface area contributed by atoms with Gasteiger partial charge in [-0.05, 0) is 43.5 Å². The molecule has 0 aromatic heterocycles. The van der Waals surface area contributed by atoms with Crippen LogP contribution >= 0.6 is 0 Å². The van der Waals surface area contributed by atoms with Crippen LogP contribution in [0.15, 0.2) is 54.6 Å². The van der Waals surface area contributed by atoms with Crippen LogP contribution in [0.5, 0.6) is 0 Å². The molecule has 0 saturated heterocycles. The molecule has 3 rings (SSSR count). The molecule has 30 heavy (non-hydrogen) atoms. The molecule has 2 aromatic carbocycles. The van der Waals surface area contributed by atoms with Crippen molar-refractivity contribution in [1.82, 2.24) is 4.90 Å². The van der Waals surface area contributed by atoms with E-state index in [-0.39, 0.29) is 23.5 Å². The first-order valence-electron chi connectivity index (χ1n) is 9.83. The van der Waals surface area contributed by atoms with Gasteiger partial charge in [-0.3, -0.25) is 19.3 Å². The van der Waals surface area contributed by atoms with Crippen LogP contribution in [0.3, 0.4) is 0 Å². The molecule has 0 unspecified atom stereocenters. The van der Waals surface area contributed by atoms with Gasteiger partial charge >= 0.3 is 5.97 Å². The van der Waals surface area contributed by atoms with Gasteiger partial charge in [0.15, 0.2) is 6.10 Å². The molecule has 3 amide bonds. The van der Waals surface area contributed by atoms with Gasteiger partial charge in [0.2, 0.25) is 0 Å². The zero-order valence-electron chi connectivity index (χ0n) is 17.1. The maximum atomic E-state index is 12.9. The maximum absolute atomic E-state index is 12.9. The van der Waals surface area contributed by atoms with E-state index in [9.17, 15) is 19.2 Å². The number of hydrogen-bond donors (Lipinski definition) is 1. The smallest absolute Gasteiger partial charge is 0.330 e. The van der Waals surface area contributed by atoms with Crippen molar-refractivity contribution in [1.29, 1.82) is 0 Å². The Hall–Kier alpha value is -3.48. The number of amides is 3. The number of anilines is 1. The van der Waals surface area contributed by atoms with Crippen LogP contribution in [0.2, 0.25) is 0 Å². The molecule has 2 atom stereocenters. The van der Waals surface area contributed by atoms with Crippen LogP contribution in [0.25, 0.3) is 0 Å². The fourth-order valence-corrected chi connectivity index (χ4v) is 3.32. The predicted molar refractivity (Wildman–Crippen MR) is 111 cm³/mol. The number of benzene rings is 2. The third kappa shape index (κ3) is 4.40. The van der Waals surface area contributed by atoms with E-state index in [1.165, 1.54) is 6.92 Å². The van der Waals surface area contributed by atoms with Crippen molar-refractivity contribution in [2.24, 2.45) is 5.92 Å². The van der Waals surface area contributed by atoms with Crippen molar-refractivity contribution in [3.05, 3.63) is 65.7 Å². The lowest BCUT2D eigenvalue weighted by molar-refractivity contribution is -0.157. The number of nitrogens with zero attached hydrogens (tertiary/aromatic N) is 1. The van der Waals surface area contributed by atoms with Crippen LogP contribution in [-0.4, -0.2) is 40.7 Å². The Morgan fingerprint density at radius 3 is 1.97 bits per heavy atom. The molecular formula is C23H24N2O5. The number of carbonyl (C=O) groups excluding carboxylic acids is 4. The first kappa shape index (κ1) is 21.2. The SMILES string of the molecule is CC(C)C[C@@H](C(=O)O[C@H](C)C(=O)Nc1ccccc1)N1C(=O)c2ccccc2C1=O. The largest absolute Gasteiger partial charge is 0.451 e. The van der Waals surface area contributed by atoms with E-state index in [4.69, 9.17) is 4.74 Å². The molecule has 0 aliphatic carbocycles. The number of nitrogens with one attached hydrogen (secondary N) is 1. The van der Waals surface area contributed by atoms with E-state index >= 15 is 0 Å². The van der Waals surface area contributed by atoms with Crippen LogP contribution in [0, 0.1) is 5.92 Å². The number of para-hydroxylation sites is 1. The highest BCUT2D eigenvalue weighted by Crippen LogP contribution is 2.27. The Morgan fingerprint density at radius 2 is 1.43 bits per heavy atom. The quantitative estimate of drug-likeness (QED) is 0.561. The van der Waals surface area contributed by atoms with Crippen LogP contribution in [0.4, 0.5) is 5.69 Å². The maximum Gasteiger partial charge on any atom is 0.330 e. The number of imide groups is 1. The summed E-state index contributed by atoms with van der Waals surface area (Å²) in [5.74, 6) is -2.33. The number of fused-ring (bicyclic) bond motifs is 1. The highest BCUT2D eigenvalue weighted by Gasteiger charge is 2.44. The van der Waals surface area contributed by atoms with Crippen molar-refractivity contribution < 1.29 is 23.9 Å². The number of carbonyl (C=O) groups is 4. The normalized spacial score (nSPS) is 15.0. The fraction of sp³-hybridized carbons (Fsp3) is 0.304. The van der Waals surface area contributed by atoms with Crippen LogP contribution in [-0.2, 0) is 14.3 Å². The van der Waals surface area contributed by atoms with E-state index in [2.05, 4.69) is 5.32 Å². The topological polar surface area (TPSA) is 92.8 Å². The molecule has 0 spiro atoms. The minimum absolute atomic E-state index is 0.0142. The van der Waals surface area contributed by atoms with Crippen LogP contribution in [0.1, 0.15) is 47.9 Å². The molecule has 0 saturated carbocycles. The summed E-state index contributed by atoms with van der Waals surface area (Å²) in [5.41, 5.74) is 1.10. The summed E-state index contributed by atoms with van der Waals surface area (Å²) in [7, 11) is 0. The number of ether oxygens (including phenoxy) is 1. The standard InChI is InChI=1S/C23H24N2O5/c1-14(2)13-19(25-21(27)17-11-7-8-12-18(17)22(25)28)23(29)30-15(3)20(26)24-16-9-5-4-6-10-16/h4-12,14-15,19H,13H2,1-3H3,(H,24,26)/t15-,19+/m1/s1. The van der Waals surface area contributed by atoms with Gasteiger partial charge in [-0.2, -0.15) is 0 Å². The molecule has 7 nitrogen and oxygen atoms in total. The number of rotatable bonds is 7. The van der Waals surface area contributed by atoms with Gasteiger partial charge in [0.1, 0.15) is 6.04 Å². The van der Waals surface area contributed by atoms with E-state index in [1.54, 1.807) is 48.5 Å². The van der Waals surface area contributed by atoms with Gasteiger partial charge in [-0.1, -0.05) is 44.2 Å². The highest BCUT2D eigenvalue weighted by molar-refractivity contribution is 6.22. The lowest BCUT2D eigenvalue weighted by atomic mass is 10.0. The molecule has 1 N–H and O–H groups in total. The molecule has 0 radical (unpaired) electrons. The second-order valence-electron chi connectivity index (χ2n) is 7.61. The van der Waals surface area contributed by atoms with Gasteiger partial charge in [-0.25, -0.2) is 4.79 Å². The molecular weight excluding hydrogens is 384 g/mol.